The number of benzene rings is 1. The third-order valence-electron chi connectivity index (χ3n) is 5.81. The quantitative estimate of drug-likeness (QED) is 0.592. The monoisotopic (exact) mass is 469 g/mol. The van der Waals surface area contributed by atoms with Crippen LogP contribution >= 0.6 is 0 Å². The summed E-state index contributed by atoms with van der Waals surface area (Å²) in [6, 6.07) is 6.55. The standard InChI is InChI=1S/C21H31N3O5S2/c1-2-30(26,27)23-17-15-22(16-18-23)21(25)12-9-19-7-10-20(11-8-19)31(28,29)24-13-5-3-4-6-14-24/h7-12H,2-6,13-18H2,1H3/b12-9+. The molecule has 2 saturated heterocycles. The number of carbonyl (C=O) groups excluding carboxylic acids is 1. The minimum Gasteiger partial charge on any atom is -0.337 e. The van der Waals surface area contributed by atoms with Crippen LogP contribution in [0.3, 0.4) is 0 Å². The second kappa shape index (κ2) is 10.2. The zero-order valence-electron chi connectivity index (χ0n) is 17.9. The number of amides is 1. The largest absolute Gasteiger partial charge is 0.337 e. The Bertz CT molecular complexity index is 988. The van der Waals surface area contributed by atoms with Gasteiger partial charge in [0.1, 0.15) is 0 Å². The van der Waals surface area contributed by atoms with E-state index in [-0.39, 0.29) is 16.6 Å². The van der Waals surface area contributed by atoms with E-state index in [0.29, 0.717) is 39.3 Å². The molecule has 0 atom stereocenters. The molecule has 0 aliphatic carbocycles. The number of piperazine rings is 1. The maximum atomic E-state index is 12.8. The summed E-state index contributed by atoms with van der Waals surface area (Å²) in [6.07, 6.45) is 7.00. The molecule has 0 radical (unpaired) electrons. The van der Waals surface area contributed by atoms with E-state index >= 15 is 0 Å². The lowest BCUT2D eigenvalue weighted by Crippen LogP contribution is -2.50. The van der Waals surface area contributed by atoms with Gasteiger partial charge in [0.15, 0.2) is 0 Å². The van der Waals surface area contributed by atoms with Crippen LogP contribution in [0.2, 0.25) is 0 Å². The molecule has 172 valence electrons. The topological polar surface area (TPSA) is 95.1 Å². The van der Waals surface area contributed by atoms with Gasteiger partial charge in [-0.05, 0) is 43.5 Å². The summed E-state index contributed by atoms with van der Waals surface area (Å²) in [4.78, 5) is 14.3. The van der Waals surface area contributed by atoms with Crippen LogP contribution in [0.15, 0.2) is 35.2 Å². The predicted molar refractivity (Wildman–Crippen MR) is 120 cm³/mol. The van der Waals surface area contributed by atoms with Crippen molar-refractivity contribution in [1.82, 2.24) is 13.5 Å². The highest BCUT2D eigenvalue weighted by Crippen LogP contribution is 2.21. The second-order valence-corrected chi connectivity index (χ2v) is 12.0. The molecule has 8 nitrogen and oxygen atoms in total. The van der Waals surface area contributed by atoms with Gasteiger partial charge in [-0.25, -0.2) is 16.8 Å². The van der Waals surface area contributed by atoms with Crippen molar-refractivity contribution in [2.45, 2.75) is 37.5 Å². The molecule has 0 saturated carbocycles. The van der Waals surface area contributed by atoms with Gasteiger partial charge in [0.05, 0.1) is 10.6 Å². The Hall–Kier alpha value is -1.75. The minimum absolute atomic E-state index is 0.0598. The fourth-order valence-corrected chi connectivity index (χ4v) is 6.43. The van der Waals surface area contributed by atoms with Crippen LogP contribution in [0.5, 0.6) is 0 Å². The minimum atomic E-state index is -3.49. The molecule has 0 aromatic heterocycles. The Morgan fingerprint density at radius 2 is 1.42 bits per heavy atom. The lowest BCUT2D eigenvalue weighted by molar-refractivity contribution is -0.127. The fraction of sp³-hybridized carbons (Fsp3) is 0.571. The van der Waals surface area contributed by atoms with E-state index in [1.165, 1.54) is 10.4 Å². The molecule has 0 bridgehead atoms. The number of hydrogen-bond acceptors (Lipinski definition) is 5. The van der Waals surface area contributed by atoms with E-state index in [0.717, 1.165) is 31.2 Å². The van der Waals surface area contributed by atoms with Crippen molar-refractivity contribution in [3.05, 3.63) is 35.9 Å². The summed E-state index contributed by atoms with van der Waals surface area (Å²) in [7, 11) is -6.72. The van der Waals surface area contributed by atoms with Gasteiger partial charge in [-0.1, -0.05) is 25.0 Å². The number of rotatable bonds is 6. The highest BCUT2D eigenvalue weighted by atomic mass is 32.2. The molecule has 1 aromatic rings. The first kappa shape index (κ1) is 23.9. The number of sulfonamides is 2. The SMILES string of the molecule is CCS(=O)(=O)N1CCN(C(=O)/C=C/c2ccc(S(=O)(=O)N3CCCCCC3)cc2)CC1. The first-order valence-corrected chi connectivity index (χ1v) is 13.8. The summed E-state index contributed by atoms with van der Waals surface area (Å²) in [5, 5.41) is 0. The van der Waals surface area contributed by atoms with Crippen LogP contribution < -0.4 is 0 Å². The van der Waals surface area contributed by atoms with Crippen molar-refractivity contribution in [2.24, 2.45) is 0 Å². The van der Waals surface area contributed by atoms with Gasteiger partial charge in [-0.3, -0.25) is 4.79 Å². The molecular formula is C21H31N3O5S2. The summed E-state index contributed by atoms with van der Waals surface area (Å²) in [6.45, 7) is 4.05. The third-order valence-corrected chi connectivity index (χ3v) is 9.60. The van der Waals surface area contributed by atoms with Crippen LogP contribution in [0, 0.1) is 0 Å². The molecule has 1 aromatic carbocycles. The van der Waals surface area contributed by atoms with Gasteiger partial charge in [0, 0.05) is 45.3 Å². The summed E-state index contributed by atoms with van der Waals surface area (Å²) < 4.78 is 52.5. The molecule has 0 N–H and O–H groups in total. The summed E-state index contributed by atoms with van der Waals surface area (Å²) in [5.41, 5.74) is 0.732. The molecule has 2 heterocycles. The molecule has 0 spiro atoms. The normalized spacial score (nSPS) is 20.1. The highest BCUT2D eigenvalue weighted by Gasteiger charge is 2.27. The van der Waals surface area contributed by atoms with Crippen molar-refractivity contribution in [3.8, 4) is 0 Å². The molecule has 2 aliphatic heterocycles. The summed E-state index contributed by atoms with van der Waals surface area (Å²) >= 11 is 0. The van der Waals surface area contributed by atoms with Crippen molar-refractivity contribution < 1.29 is 21.6 Å². The Balaban J connectivity index is 1.59. The molecule has 0 unspecified atom stereocenters. The van der Waals surface area contributed by atoms with Crippen molar-refractivity contribution in [3.63, 3.8) is 0 Å². The van der Waals surface area contributed by atoms with Crippen LogP contribution in [0.4, 0.5) is 0 Å². The van der Waals surface area contributed by atoms with Gasteiger partial charge in [0.25, 0.3) is 0 Å². The number of carbonyl (C=O) groups is 1. The van der Waals surface area contributed by atoms with E-state index < -0.39 is 20.0 Å². The Kier molecular flexibility index (Phi) is 7.90. The Morgan fingerprint density at radius 1 is 0.839 bits per heavy atom. The molecular weight excluding hydrogens is 438 g/mol. The van der Waals surface area contributed by atoms with E-state index in [4.69, 9.17) is 0 Å². The van der Waals surface area contributed by atoms with E-state index in [1.807, 2.05) is 0 Å². The molecule has 2 aliphatic rings. The van der Waals surface area contributed by atoms with Crippen molar-refractivity contribution in [1.29, 1.82) is 0 Å². The predicted octanol–water partition coefficient (Wildman–Crippen LogP) is 1.76. The van der Waals surface area contributed by atoms with Gasteiger partial charge in [-0.2, -0.15) is 8.61 Å². The van der Waals surface area contributed by atoms with Crippen LogP contribution in [-0.2, 0) is 24.8 Å². The lowest BCUT2D eigenvalue weighted by Gasteiger charge is -2.33. The molecule has 31 heavy (non-hydrogen) atoms. The van der Waals surface area contributed by atoms with Crippen molar-refractivity contribution >= 4 is 32.0 Å². The third kappa shape index (κ3) is 5.94. The van der Waals surface area contributed by atoms with E-state index in [2.05, 4.69) is 0 Å². The van der Waals surface area contributed by atoms with Crippen LogP contribution in [0.1, 0.15) is 38.2 Å². The molecule has 2 fully saturated rings. The maximum absolute atomic E-state index is 12.8. The van der Waals surface area contributed by atoms with Gasteiger partial charge >= 0.3 is 0 Å². The first-order valence-electron chi connectivity index (χ1n) is 10.8. The number of hydrogen-bond donors (Lipinski definition) is 0. The molecule has 10 heteroatoms. The second-order valence-electron chi connectivity index (χ2n) is 7.85. The van der Waals surface area contributed by atoms with Gasteiger partial charge in [0.2, 0.25) is 26.0 Å². The first-order chi connectivity index (χ1) is 14.7. The zero-order valence-corrected chi connectivity index (χ0v) is 19.6. The molecule has 1 amide bonds. The average Bonchev–Trinajstić information content (AvgIpc) is 3.08. The Labute approximate surface area is 185 Å². The molecule has 3 rings (SSSR count). The van der Waals surface area contributed by atoms with Gasteiger partial charge in [-0.15, -0.1) is 0 Å². The zero-order chi connectivity index (χ0) is 22.5. The Morgan fingerprint density at radius 3 is 1.97 bits per heavy atom. The summed E-state index contributed by atoms with van der Waals surface area (Å²) in [5.74, 6) is -0.126. The highest BCUT2D eigenvalue weighted by molar-refractivity contribution is 7.89. The van der Waals surface area contributed by atoms with Crippen LogP contribution in [0.25, 0.3) is 6.08 Å². The fourth-order valence-electron chi connectivity index (χ4n) is 3.82. The average molecular weight is 470 g/mol. The number of nitrogens with zero attached hydrogens (tertiary/aromatic N) is 3. The van der Waals surface area contributed by atoms with Crippen molar-refractivity contribution in [2.75, 3.05) is 45.0 Å². The smallest absolute Gasteiger partial charge is 0.246 e. The van der Waals surface area contributed by atoms with E-state index in [9.17, 15) is 21.6 Å². The van der Waals surface area contributed by atoms with E-state index in [1.54, 1.807) is 46.5 Å². The van der Waals surface area contributed by atoms with Crippen LogP contribution in [-0.4, -0.2) is 81.3 Å². The van der Waals surface area contributed by atoms with Gasteiger partial charge < -0.3 is 4.90 Å². The maximum Gasteiger partial charge on any atom is 0.246 e. The lowest BCUT2D eigenvalue weighted by atomic mass is 10.2.